The number of hydrogen-bond donors (Lipinski definition) is 1. The Balaban J connectivity index is 1.02. The molecular formula is C55H49N3O. The van der Waals surface area contributed by atoms with E-state index in [9.17, 15) is 0 Å². The molecule has 3 heterocycles. The van der Waals surface area contributed by atoms with E-state index in [0.717, 1.165) is 92.1 Å². The Hall–Kier alpha value is -6.13. The number of nitrogens with one attached hydrogen (secondary N) is 1. The molecule has 12 rings (SSSR count). The number of ether oxygens (including phenoxy) is 1. The Morgan fingerprint density at radius 3 is 2.58 bits per heavy atom. The van der Waals surface area contributed by atoms with Crippen LogP contribution >= 0.6 is 0 Å². The molecule has 1 N–H and O–H groups in total. The summed E-state index contributed by atoms with van der Waals surface area (Å²) in [4.78, 5) is 5.35. The monoisotopic (exact) mass is 767 g/mol. The van der Waals surface area contributed by atoms with Gasteiger partial charge in [0.2, 0.25) is 0 Å². The average molecular weight is 768 g/mol. The summed E-state index contributed by atoms with van der Waals surface area (Å²) in [5, 5.41) is 6.43. The minimum absolute atomic E-state index is 0.0302. The van der Waals surface area contributed by atoms with E-state index in [0.29, 0.717) is 5.92 Å². The van der Waals surface area contributed by atoms with Crippen molar-refractivity contribution in [1.29, 1.82) is 0 Å². The largest absolute Gasteiger partial charge is 0.460 e. The van der Waals surface area contributed by atoms with Gasteiger partial charge in [0.25, 0.3) is 0 Å². The maximum atomic E-state index is 6.68. The van der Waals surface area contributed by atoms with E-state index in [4.69, 9.17) is 9.73 Å². The summed E-state index contributed by atoms with van der Waals surface area (Å²) in [6.07, 6.45) is 39.4. The predicted octanol–water partition coefficient (Wildman–Crippen LogP) is 13.3. The van der Waals surface area contributed by atoms with Crippen LogP contribution in [0.3, 0.4) is 0 Å². The molecule has 1 aromatic heterocycles. The molecule has 4 nitrogen and oxygen atoms in total. The highest BCUT2D eigenvalue weighted by Crippen LogP contribution is 2.53. The molecule has 4 heteroatoms. The third-order valence-corrected chi connectivity index (χ3v) is 14.1. The molecule has 2 atom stereocenters. The summed E-state index contributed by atoms with van der Waals surface area (Å²) >= 11 is 0. The fraction of sp³-hybridized carbons (Fsp3) is 0.255. The van der Waals surface area contributed by atoms with Crippen molar-refractivity contribution >= 4 is 38.8 Å². The molecule has 2 unspecified atom stereocenters. The van der Waals surface area contributed by atoms with Crippen molar-refractivity contribution in [3.63, 3.8) is 0 Å². The van der Waals surface area contributed by atoms with Crippen molar-refractivity contribution in [2.45, 2.75) is 83.1 Å². The zero-order valence-electron chi connectivity index (χ0n) is 34.0. The highest BCUT2D eigenvalue weighted by atomic mass is 16.5. The van der Waals surface area contributed by atoms with Crippen molar-refractivity contribution in [3.8, 4) is 5.69 Å². The second kappa shape index (κ2) is 13.5. The zero-order chi connectivity index (χ0) is 39.2. The number of hydrogen-bond acceptors (Lipinski definition) is 3. The number of aliphatic imine (C=N–C) groups is 1. The minimum atomic E-state index is -0.0302. The zero-order valence-corrected chi connectivity index (χ0v) is 34.0. The van der Waals surface area contributed by atoms with Crippen molar-refractivity contribution in [3.05, 3.63) is 195 Å². The van der Waals surface area contributed by atoms with Crippen LogP contribution in [0.5, 0.6) is 0 Å². The normalized spacial score (nSPS) is 23.8. The molecular weight excluding hydrogens is 719 g/mol. The number of aromatic nitrogens is 1. The van der Waals surface area contributed by atoms with E-state index < -0.39 is 0 Å². The molecule has 0 amide bonds. The first kappa shape index (κ1) is 34.9. The van der Waals surface area contributed by atoms with Gasteiger partial charge in [0.1, 0.15) is 17.4 Å². The standard InChI is InChI=1S/C55H49N3O/c1-55(2)46-25-11-9-21-40(46)43-31-45-44-30-36(39-23-14-24-42-41-22-10-12-26-52(41)59-53(39)42)27-28-50(44)58(51(45)32-47(43)55)38-20-13-19-37(29-38)54-56-48(34-15-5-3-6-16-34)33-49(57-54)35-17-7-4-8-18-35/h3,5,7,9-10,12-13,15,17-21,23,26-33,41,49H,4,6,8,11,14,16,22,24-25H2,1-2H3,(H,56,57). The van der Waals surface area contributed by atoms with E-state index >= 15 is 0 Å². The van der Waals surface area contributed by atoms with E-state index in [1.165, 1.54) is 66.4 Å². The van der Waals surface area contributed by atoms with E-state index in [1.807, 2.05) is 0 Å². The van der Waals surface area contributed by atoms with Crippen LogP contribution in [0, 0.1) is 5.92 Å². The third kappa shape index (κ3) is 5.52. The molecule has 59 heavy (non-hydrogen) atoms. The lowest BCUT2D eigenvalue weighted by molar-refractivity contribution is 0.319. The number of nitrogens with zero attached hydrogens (tertiary/aromatic N) is 2. The van der Waals surface area contributed by atoms with Crippen LogP contribution < -0.4 is 5.32 Å². The van der Waals surface area contributed by atoms with E-state index in [1.54, 1.807) is 5.57 Å². The number of fused-ring (bicyclic) bond motifs is 7. The molecule has 0 fully saturated rings. The maximum Gasteiger partial charge on any atom is 0.134 e. The van der Waals surface area contributed by atoms with Gasteiger partial charge in [-0.1, -0.05) is 104 Å². The van der Waals surface area contributed by atoms with Crippen LogP contribution in [0.25, 0.3) is 38.6 Å². The van der Waals surface area contributed by atoms with Gasteiger partial charge >= 0.3 is 0 Å². The van der Waals surface area contributed by atoms with Crippen molar-refractivity contribution in [2.24, 2.45) is 10.9 Å². The molecule has 4 aromatic rings. The summed E-state index contributed by atoms with van der Waals surface area (Å²) in [5.74, 6) is 3.50. The number of benzene rings is 3. The van der Waals surface area contributed by atoms with Crippen LogP contribution in [0.4, 0.5) is 0 Å². The number of allylic oxidation sites excluding steroid dienone is 16. The predicted molar refractivity (Wildman–Crippen MR) is 244 cm³/mol. The quantitative estimate of drug-likeness (QED) is 0.220. The van der Waals surface area contributed by atoms with Crippen molar-refractivity contribution < 1.29 is 4.74 Å². The minimum Gasteiger partial charge on any atom is -0.460 e. The van der Waals surface area contributed by atoms with Gasteiger partial charge in [0, 0.05) is 38.9 Å². The first-order chi connectivity index (χ1) is 29.0. The van der Waals surface area contributed by atoms with Crippen LogP contribution in [-0.2, 0) is 10.2 Å². The van der Waals surface area contributed by atoms with Crippen molar-refractivity contribution in [1.82, 2.24) is 9.88 Å². The Bertz CT molecular complexity index is 2930. The van der Waals surface area contributed by atoms with Gasteiger partial charge in [0.15, 0.2) is 0 Å². The highest BCUT2D eigenvalue weighted by Gasteiger charge is 2.39. The summed E-state index contributed by atoms with van der Waals surface area (Å²) in [6, 6.07) is 21.3. The number of rotatable bonds is 5. The van der Waals surface area contributed by atoms with Gasteiger partial charge in [-0.15, -0.1) is 0 Å². The first-order valence-electron chi connectivity index (χ1n) is 21.9. The molecule has 0 radical (unpaired) electrons. The van der Waals surface area contributed by atoms with Gasteiger partial charge in [0.05, 0.1) is 22.8 Å². The third-order valence-electron chi connectivity index (χ3n) is 14.1. The lowest BCUT2D eigenvalue weighted by atomic mass is 9.78. The molecule has 3 aromatic carbocycles. The second-order valence-electron chi connectivity index (χ2n) is 17.9. The second-order valence-corrected chi connectivity index (χ2v) is 17.9. The Morgan fingerprint density at radius 1 is 0.780 bits per heavy atom. The Kier molecular flexibility index (Phi) is 7.95. The summed E-state index contributed by atoms with van der Waals surface area (Å²) in [6.45, 7) is 4.86. The Labute approximate surface area is 347 Å². The maximum absolute atomic E-state index is 6.68. The molecule has 290 valence electrons. The van der Waals surface area contributed by atoms with E-state index in [2.05, 4.69) is 157 Å². The number of amidine groups is 1. The van der Waals surface area contributed by atoms with Crippen LogP contribution in [0.2, 0.25) is 0 Å². The molecule has 0 spiro atoms. The molecule has 8 aliphatic rings. The fourth-order valence-electron chi connectivity index (χ4n) is 11.1. The van der Waals surface area contributed by atoms with Gasteiger partial charge < -0.3 is 14.6 Å². The van der Waals surface area contributed by atoms with Crippen LogP contribution in [0.15, 0.2) is 178 Å². The SMILES string of the molecule is CC1(C)C2=C(C=CCC2)c2cc3c4cc(C5=CCCC6=C5OC5=CC=CCC56)ccc4n(-c4cccc(C5=NC(C6=CC=CCC6)=CC(C6=CCCC=C6)N5)c4)c3cc21. The lowest BCUT2D eigenvalue weighted by Gasteiger charge is -2.27. The van der Waals surface area contributed by atoms with Gasteiger partial charge in [-0.05, 0) is 145 Å². The summed E-state index contributed by atoms with van der Waals surface area (Å²) in [5.41, 5.74) is 18.1. The lowest BCUT2D eigenvalue weighted by Crippen LogP contribution is -2.38. The summed E-state index contributed by atoms with van der Waals surface area (Å²) in [7, 11) is 0. The molecule has 6 aliphatic carbocycles. The topological polar surface area (TPSA) is 38.5 Å². The average Bonchev–Trinajstić information content (AvgIpc) is 3.91. The molecule has 0 bridgehead atoms. The first-order valence-corrected chi connectivity index (χ1v) is 21.9. The van der Waals surface area contributed by atoms with Gasteiger partial charge in [-0.3, -0.25) is 0 Å². The van der Waals surface area contributed by atoms with Gasteiger partial charge in [-0.2, -0.15) is 0 Å². The molecule has 0 saturated carbocycles. The van der Waals surface area contributed by atoms with Crippen LogP contribution in [0.1, 0.15) is 93.9 Å². The van der Waals surface area contributed by atoms with E-state index in [-0.39, 0.29) is 11.5 Å². The highest BCUT2D eigenvalue weighted by molar-refractivity contribution is 6.12. The van der Waals surface area contributed by atoms with Crippen LogP contribution in [-0.4, -0.2) is 16.4 Å². The Morgan fingerprint density at radius 2 is 1.68 bits per heavy atom. The fourth-order valence-corrected chi connectivity index (χ4v) is 11.1. The summed E-state index contributed by atoms with van der Waals surface area (Å²) < 4.78 is 9.19. The molecule has 0 saturated heterocycles. The van der Waals surface area contributed by atoms with Gasteiger partial charge in [-0.25, -0.2) is 4.99 Å². The smallest absolute Gasteiger partial charge is 0.134 e. The van der Waals surface area contributed by atoms with Crippen molar-refractivity contribution in [2.75, 3.05) is 0 Å². The molecule has 2 aliphatic heterocycles.